The van der Waals surface area contributed by atoms with Crippen molar-refractivity contribution < 1.29 is 0 Å². The fraction of sp³-hybridized carbons (Fsp3) is 0.846. The summed E-state index contributed by atoms with van der Waals surface area (Å²) in [5, 5.41) is 3.59. The normalized spacial score (nSPS) is 26.9. The van der Waals surface area contributed by atoms with Gasteiger partial charge in [-0.25, -0.2) is 0 Å². The Bertz CT molecular complexity index is 304. The van der Waals surface area contributed by atoms with Gasteiger partial charge in [0.05, 0.1) is 29.7 Å². The molecule has 3 nitrogen and oxygen atoms in total. The highest BCUT2D eigenvalue weighted by atomic mass is 32.1. The van der Waals surface area contributed by atoms with E-state index in [4.69, 9.17) is 0 Å². The third-order valence-corrected chi connectivity index (χ3v) is 4.55. The van der Waals surface area contributed by atoms with E-state index in [1.165, 1.54) is 43.8 Å². The average molecular weight is 253 g/mol. The first-order chi connectivity index (χ1) is 8.35. The van der Waals surface area contributed by atoms with Gasteiger partial charge in [0.2, 0.25) is 0 Å². The molecular formula is C13H23N3S. The summed E-state index contributed by atoms with van der Waals surface area (Å²) in [6, 6.07) is 0.427. The molecule has 1 aromatic rings. The van der Waals surface area contributed by atoms with E-state index in [0.717, 1.165) is 24.1 Å². The Kier molecular flexibility index (Phi) is 4.92. The van der Waals surface area contributed by atoms with Crippen LogP contribution >= 0.6 is 11.7 Å². The minimum absolute atomic E-state index is 0.427. The summed E-state index contributed by atoms with van der Waals surface area (Å²) in [6.07, 6.45) is 8.74. The summed E-state index contributed by atoms with van der Waals surface area (Å²) in [5.41, 5.74) is 1.15. The van der Waals surface area contributed by atoms with Crippen LogP contribution in [0.4, 0.5) is 0 Å². The van der Waals surface area contributed by atoms with Crippen LogP contribution in [0.2, 0.25) is 0 Å². The molecule has 1 aromatic heterocycles. The van der Waals surface area contributed by atoms with Gasteiger partial charge in [-0.2, -0.15) is 8.75 Å². The van der Waals surface area contributed by atoms with Crippen LogP contribution in [0.15, 0.2) is 6.20 Å². The molecule has 0 amide bonds. The lowest BCUT2D eigenvalue weighted by molar-refractivity contribution is 0.218. The summed E-state index contributed by atoms with van der Waals surface area (Å²) in [5.74, 6) is 1.71. The molecule has 96 valence electrons. The van der Waals surface area contributed by atoms with Crippen molar-refractivity contribution in [1.82, 2.24) is 14.1 Å². The van der Waals surface area contributed by atoms with E-state index in [1.54, 1.807) is 0 Å². The molecule has 0 spiro atoms. The van der Waals surface area contributed by atoms with Crippen LogP contribution in [0.1, 0.15) is 57.7 Å². The van der Waals surface area contributed by atoms with Gasteiger partial charge in [0.1, 0.15) is 0 Å². The molecule has 0 bridgehead atoms. The van der Waals surface area contributed by atoms with Gasteiger partial charge in [-0.05, 0) is 31.2 Å². The quantitative estimate of drug-likeness (QED) is 0.874. The third-order valence-electron chi connectivity index (χ3n) is 4.06. The predicted molar refractivity (Wildman–Crippen MR) is 72.1 cm³/mol. The van der Waals surface area contributed by atoms with Crippen molar-refractivity contribution in [2.75, 3.05) is 6.54 Å². The predicted octanol–water partition coefficient (Wildman–Crippen LogP) is 3.41. The molecule has 0 radical (unpaired) electrons. The first kappa shape index (κ1) is 13.0. The smallest absolute Gasteiger partial charge is 0.0915 e. The summed E-state index contributed by atoms with van der Waals surface area (Å²) in [4.78, 5) is 0. The Morgan fingerprint density at radius 1 is 1.35 bits per heavy atom. The van der Waals surface area contributed by atoms with Crippen molar-refractivity contribution in [3.05, 3.63) is 11.9 Å². The lowest BCUT2D eigenvalue weighted by Crippen LogP contribution is -2.31. The maximum Gasteiger partial charge on any atom is 0.0915 e. The fourth-order valence-corrected chi connectivity index (χ4v) is 3.43. The zero-order chi connectivity index (χ0) is 12.1. The Morgan fingerprint density at radius 3 is 2.65 bits per heavy atom. The van der Waals surface area contributed by atoms with Crippen molar-refractivity contribution in [1.29, 1.82) is 0 Å². The third kappa shape index (κ3) is 3.26. The fourth-order valence-electron chi connectivity index (χ4n) is 2.97. The van der Waals surface area contributed by atoms with Crippen LogP contribution in [-0.4, -0.2) is 15.3 Å². The highest BCUT2D eigenvalue weighted by Gasteiger charge is 2.28. The summed E-state index contributed by atoms with van der Waals surface area (Å²) < 4.78 is 8.56. The van der Waals surface area contributed by atoms with Gasteiger partial charge >= 0.3 is 0 Å². The van der Waals surface area contributed by atoms with E-state index in [0.29, 0.717) is 6.04 Å². The molecule has 1 aliphatic carbocycles. The zero-order valence-corrected chi connectivity index (χ0v) is 11.7. The molecule has 0 aromatic carbocycles. The molecule has 1 atom stereocenters. The highest BCUT2D eigenvalue weighted by Crippen LogP contribution is 2.37. The number of nitrogens with zero attached hydrogens (tertiary/aromatic N) is 2. The van der Waals surface area contributed by atoms with Crippen molar-refractivity contribution >= 4 is 11.7 Å². The minimum Gasteiger partial charge on any atom is -0.309 e. The van der Waals surface area contributed by atoms with Crippen molar-refractivity contribution in [2.24, 2.45) is 11.8 Å². The van der Waals surface area contributed by atoms with Gasteiger partial charge in [0, 0.05) is 0 Å². The standard InChI is InChI=1S/C13H23N3S/c1-3-10-5-7-11(8-6-10)13(14-4-2)12-9-15-17-16-12/h9-11,13-14H,3-8H2,1-2H3. The molecule has 1 heterocycles. The Hall–Kier alpha value is -0.480. The average Bonchev–Trinajstić information content (AvgIpc) is 2.90. The Morgan fingerprint density at radius 2 is 2.12 bits per heavy atom. The molecule has 2 rings (SSSR count). The van der Waals surface area contributed by atoms with E-state index in [2.05, 4.69) is 27.9 Å². The number of hydrogen-bond acceptors (Lipinski definition) is 4. The number of nitrogens with one attached hydrogen (secondary N) is 1. The van der Waals surface area contributed by atoms with E-state index >= 15 is 0 Å². The van der Waals surface area contributed by atoms with Gasteiger partial charge in [0.15, 0.2) is 0 Å². The highest BCUT2D eigenvalue weighted by molar-refractivity contribution is 6.99. The summed E-state index contributed by atoms with van der Waals surface area (Å²) in [7, 11) is 0. The van der Waals surface area contributed by atoms with E-state index in [1.807, 2.05) is 6.20 Å². The van der Waals surface area contributed by atoms with E-state index in [-0.39, 0.29) is 0 Å². The van der Waals surface area contributed by atoms with Crippen molar-refractivity contribution in [3.8, 4) is 0 Å². The Labute approximate surface area is 108 Å². The Balaban J connectivity index is 1.98. The van der Waals surface area contributed by atoms with Crippen LogP contribution in [0.3, 0.4) is 0 Å². The van der Waals surface area contributed by atoms with Crippen LogP contribution in [0.5, 0.6) is 0 Å². The molecule has 1 saturated carbocycles. The topological polar surface area (TPSA) is 37.8 Å². The molecule has 4 heteroatoms. The van der Waals surface area contributed by atoms with Crippen LogP contribution in [0, 0.1) is 11.8 Å². The lowest BCUT2D eigenvalue weighted by Gasteiger charge is -2.33. The molecule has 1 aliphatic rings. The van der Waals surface area contributed by atoms with E-state index in [9.17, 15) is 0 Å². The van der Waals surface area contributed by atoms with Gasteiger partial charge in [-0.1, -0.05) is 33.1 Å². The van der Waals surface area contributed by atoms with Crippen LogP contribution in [-0.2, 0) is 0 Å². The second-order valence-electron chi connectivity index (χ2n) is 5.06. The number of aromatic nitrogens is 2. The van der Waals surface area contributed by atoms with Crippen molar-refractivity contribution in [3.63, 3.8) is 0 Å². The monoisotopic (exact) mass is 253 g/mol. The second-order valence-corrected chi connectivity index (χ2v) is 5.61. The lowest BCUT2D eigenvalue weighted by atomic mass is 9.77. The maximum absolute atomic E-state index is 4.42. The molecule has 17 heavy (non-hydrogen) atoms. The summed E-state index contributed by atoms with van der Waals surface area (Å²) in [6.45, 7) is 5.50. The van der Waals surface area contributed by atoms with Gasteiger partial charge in [0.25, 0.3) is 0 Å². The van der Waals surface area contributed by atoms with Crippen molar-refractivity contribution in [2.45, 2.75) is 52.0 Å². The van der Waals surface area contributed by atoms with Gasteiger partial charge in [-0.3, -0.25) is 0 Å². The molecule has 0 aliphatic heterocycles. The van der Waals surface area contributed by atoms with E-state index < -0.39 is 0 Å². The second kappa shape index (κ2) is 6.45. The SMILES string of the molecule is CCNC(c1cnsn1)C1CCC(CC)CC1. The summed E-state index contributed by atoms with van der Waals surface area (Å²) >= 11 is 1.32. The maximum atomic E-state index is 4.42. The molecule has 1 unspecified atom stereocenters. The molecular weight excluding hydrogens is 230 g/mol. The number of hydrogen-bond donors (Lipinski definition) is 1. The largest absolute Gasteiger partial charge is 0.309 e. The molecule has 1 N–H and O–H groups in total. The first-order valence-electron chi connectivity index (χ1n) is 6.86. The number of rotatable bonds is 5. The first-order valence-corrected chi connectivity index (χ1v) is 7.59. The molecule has 1 fully saturated rings. The minimum atomic E-state index is 0.427. The zero-order valence-electron chi connectivity index (χ0n) is 10.9. The van der Waals surface area contributed by atoms with Crippen LogP contribution in [0.25, 0.3) is 0 Å². The van der Waals surface area contributed by atoms with Gasteiger partial charge in [-0.15, -0.1) is 0 Å². The molecule has 0 saturated heterocycles. The van der Waals surface area contributed by atoms with Gasteiger partial charge < -0.3 is 5.32 Å². The van der Waals surface area contributed by atoms with Crippen LogP contribution < -0.4 is 5.32 Å².